The SMILES string of the molecule is CC(=O)N1N=C(c2c(C)n(C)n(-c3ccccc3)c2=O)OC1c1csc2c1CCCC2. The zero-order valence-electron chi connectivity index (χ0n) is 17.8. The summed E-state index contributed by atoms with van der Waals surface area (Å²) in [6.45, 7) is 3.33. The molecule has 0 spiro atoms. The highest BCUT2D eigenvalue weighted by Gasteiger charge is 2.38. The van der Waals surface area contributed by atoms with Gasteiger partial charge in [0.2, 0.25) is 18.0 Å². The van der Waals surface area contributed by atoms with E-state index in [9.17, 15) is 9.59 Å². The van der Waals surface area contributed by atoms with Gasteiger partial charge in [0.1, 0.15) is 5.56 Å². The van der Waals surface area contributed by atoms with E-state index in [1.807, 2.05) is 44.3 Å². The molecular formula is C23H24N4O3S. The van der Waals surface area contributed by atoms with Crippen molar-refractivity contribution < 1.29 is 9.53 Å². The normalized spacial score (nSPS) is 18.0. The van der Waals surface area contributed by atoms with Crippen molar-refractivity contribution in [1.29, 1.82) is 0 Å². The highest BCUT2D eigenvalue weighted by molar-refractivity contribution is 7.10. The van der Waals surface area contributed by atoms with Crippen molar-refractivity contribution in [3.63, 3.8) is 0 Å². The Balaban J connectivity index is 1.58. The van der Waals surface area contributed by atoms with Crippen LogP contribution in [0, 0.1) is 6.92 Å². The molecule has 8 heteroatoms. The number of benzene rings is 1. The Hall–Kier alpha value is -3.13. The number of amides is 1. The molecule has 5 rings (SSSR count). The summed E-state index contributed by atoms with van der Waals surface area (Å²) in [6.07, 6.45) is 3.76. The molecule has 0 fully saturated rings. The molecule has 2 aromatic heterocycles. The van der Waals surface area contributed by atoms with Crippen LogP contribution in [0.3, 0.4) is 0 Å². The molecule has 160 valence electrons. The number of ether oxygens (including phenoxy) is 1. The van der Waals surface area contributed by atoms with Crippen LogP contribution in [0.4, 0.5) is 0 Å². The van der Waals surface area contributed by atoms with E-state index >= 15 is 0 Å². The van der Waals surface area contributed by atoms with E-state index in [1.165, 1.54) is 28.8 Å². The summed E-state index contributed by atoms with van der Waals surface area (Å²) < 4.78 is 9.61. The van der Waals surface area contributed by atoms with E-state index < -0.39 is 6.23 Å². The van der Waals surface area contributed by atoms with Crippen molar-refractivity contribution in [1.82, 2.24) is 14.4 Å². The number of carbonyl (C=O) groups is 1. The van der Waals surface area contributed by atoms with Gasteiger partial charge in [-0.1, -0.05) is 18.2 Å². The first-order chi connectivity index (χ1) is 15.0. The summed E-state index contributed by atoms with van der Waals surface area (Å²) in [7, 11) is 1.83. The van der Waals surface area contributed by atoms with Crippen molar-refractivity contribution in [3.8, 4) is 5.69 Å². The second kappa shape index (κ2) is 7.53. The van der Waals surface area contributed by atoms with Gasteiger partial charge in [0.15, 0.2) is 0 Å². The molecule has 1 amide bonds. The van der Waals surface area contributed by atoms with Crippen molar-refractivity contribution in [2.24, 2.45) is 12.1 Å². The summed E-state index contributed by atoms with van der Waals surface area (Å²) in [4.78, 5) is 27.2. The van der Waals surface area contributed by atoms with E-state index in [1.54, 1.807) is 20.7 Å². The van der Waals surface area contributed by atoms with Crippen LogP contribution in [0.15, 0.2) is 45.6 Å². The first-order valence-electron chi connectivity index (χ1n) is 10.5. The minimum atomic E-state index is -0.630. The van der Waals surface area contributed by atoms with Crippen LogP contribution in [-0.2, 0) is 29.4 Å². The maximum atomic E-state index is 13.4. The quantitative estimate of drug-likeness (QED) is 0.629. The number of rotatable bonds is 3. The second-order valence-corrected chi connectivity index (χ2v) is 8.94. The summed E-state index contributed by atoms with van der Waals surface area (Å²) in [6, 6.07) is 9.45. The number of para-hydroxylation sites is 1. The lowest BCUT2D eigenvalue weighted by Crippen LogP contribution is -2.26. The van der Waals surface area contributed by atoms with Gasteiger partial charge in [0, 0.05) is 29.8 Å². The maximum Gasteiger partial charge on any atom is 0.284 e. The van der Waals surface area contributed by atoms with Gasteiger partial charge in [-0.25, -0.2) is 4.68 Å². The largest absolute Gasteiger partial charge is 0.445 e. The lowest BCUT2D eigenvalue weighted by atomic mass is 9.95. The number of hydrazone groups is 1. The third-order valence-corrected chi connectivity index (χ3v) is 7.20. The van der Waals surface area contributed by atoms with E-state index in [2.05, 4.69) is 10.5 Å². The number of nitrogens with zero attached hydrogens (tertiary/aromatic N) is 4. The zero-order chi connectivity index (χ0) is 21.7. The number of thiophene rings is 1. The van der Waals surface area contributed by atoms with Gasteiger partial charge in [-0.2, -0.15) is 5.01 Å². The van der Waals surface area contributed by atoms with Gasteiger partial charge in [-0.05, 0) is 50.3 Å². The molecule has 2 aliphatic rings. The van der Waals surface area contributed by atoms with Crippen LogP contribution >= 0.6 is 11.3 Å². The molecule has 1 unspecified atom stereocenters. The summed E-state index contributed by atoms with van der Waals surface area (Å²) in [5.74, 6) is -0.0172. The lowest BCUT2D eigenvalue weighted by Gasteiger charge is -2.21. The van der Waals surface area contributed by atoms with Gasteiger partial charge in [0.05, 0.1) is 11.4 Å². The fourth-order valence-corrected chi connectivity index (χ4v) is 5.56. The van der Waals surface area contributed by atoms with Crippen molar-refractivity contribution in [2.45, 2.75) is 45.8 Å². The molecule has 3 aromatic rings. The summed E-state index contributed by atoms with van der Waals surface area (Å²) in [5.41, 5.74) is 3.91. The van der Waals surface area contributed by atoms with E-state index in [4.69, 9.17) is 4.74 Å². The predicted octanol–water partition coefficient (Wildman–Crippen LogP) is 3.66. The molecule has 0 radical (unpaired) electrons. The van der Waals surface area contributed by atoms with Crippen LogP contribution in [0.25, 0.3) is 5.69 Å². The van der Waals surface area contributed by atoms with E-state index in [0.29, 0.717) is 5.56 Å². The molecule has 0 N–H and O–H groups in total. The Morgan fingerprint density at radius 1 is 1.19 bits per heavy atom. The number of hydrogen-bond donors (Lipinski definition) is 0. The number of fused-ring (bicyclic) bond motifs is 1. The third kappa shape index (κ3) is 3.13. The number of carbonyl (C=O) groups excluding carboxylic acids is 1. The Kier molecular flexibility index (Phi) is 4.81. The maximum absolute atomic E-state index is 13.4. The van der Waals surface area contributed by atoms with Crippen LogP contribution in [0.5, 0.6) is 0 Å². The smallest absolute Gasteiger partial charge is 0.284 e. The Labute approximate surface area is 184 Å². The monoisotopic (exact) mass is 436 g/mol. The number of aryl methyl sites for hydroxylation is 1. The fourth-order valence-electron chi connectivity index (χ4n) is 4.41. The van der Waals surface area contributed by atoms with Crippen molar-refractivity contribution >= 4 is 23.1 Å². The molecule has 1 aromatic carbocycles. The molecule has 1 aliphatic carbocycles. The molecule has 0 bridgehead atoms. The minimum absolute atomic E-state index is 0.198. The molecular weight excluding hydrogens is 412 g/mol. The van der Waals surface area contributed by atoms with Crippen LogP contribution in [0.1, 0.15) is 53.3 Å². The molecule has 0 saturated heterocycles. The van der Waals surface area contributed by atoms with Crippen molar-refractivity contribution in [2.75, 3.05) is 0 Å². The first kappa shape index (κ1) is 19.8. The molecule has 0 saturated carbocycles. The van der Waals surface area contributed by atoms with Gasteiger partial charge in [0.25, 0.3) is 5.56 Å². The van der Waals surface area contributed by atoms with E-state index in [0.717, 1.165) is 36.2 Å². The zero-order valence-corrected chi connectivity index (χ0v) is 18.6. The van der Waals surface area contributed by atoms with Crippen molar-refractivity contribution in [3.05, 3.63) is 73.3 Å². The van der Waals surface area contributed by atoms with Crippen LogP contribution in [0.2, 0.25) is 0 Å². The van der Waals surface area contributed by atoms with Crippen LogP contribution in [-0.4, -0.2) is 26.2 Å². The average Bonchev–Trinajstić information content (AvgIpc) is 3.44. The Morgan fingerprint density at radius 3 is 2.68 bits per heavy atom. The molecule has 1 aliphatic heterocycles. The summed E-state index contributed by atoms with van der Waals surface area (Å²) in [5, 5.41) is 7.91. The lowest BCUT2D eigenvalue weighted by molar-refractivity contribution is -0.135. The highest BCUT2D eigenvalue weighted by atomic mass is 32.1. The Bertz CT molecular complexity index is 1250. The third-order valence-electron chi connectivity index (χ3n) is 6.09. The van der Waals surface area contributed by atoms with Gasteiger partial charge >= 0.3 is 0 Å². The molecule has 7 nitrogen and oxygen atoms in total. The van der Waals surface area contributed by atoms with Crippen LogP contribution < -0.4 is 5.56 Å². The average molecular weight is 437 g/mol. The number of aromatic nitrogens is 2. The highest BCUT2D eigenvalue weighted by Crippen LogP contribution is 2.39. The minimum Gasteiger partial charge on any atom is -0.445 e. The topological polar surface area (TPSA) is 68.8 Å². The second-order valence-electron chi connectivity index (χ2n) is 7.98. The standard InChI is InChI=1S/C23H24N4O3S/c1-14-20(22(29)27(25(14)3)16-9-5-4-6-10-16)21-24-26(15(2)28)23(30-21)18-13-31-19-12-8-7-11-17(18)19/h4-6,9-10,13,23H,7-8,11-12H2,1-3H3. The van der Waals surface area contributed by atoms with E-state index in [-0.39, 0.29) is 17.4 Å². The number of hydrogen-bond acceptors (Lipinski definition) is 5. The molecule has 31 heavy (non-hydrogen) atoms. The van der Waals surface area contributed by atoms with Gasteiger partial charge in [-0.15, -0.1) is 16.4 Å². The first-order valence-corrected chi connectivity index (χ1v) is 11.3. The fraction of sp³-hybridized carbons (Fsp3) is 0.348. The van der Waals surface area contributed by atoms with Gasteiger partial charge in [-0.3, -0.25) is 14.3 Å². The molecule has 3 heterocycles. The summed E-state index contributed by atoms with van der Waals surface area (Å²) >= 11 is 1.72. The molecule has 1 atom stereocenters. The van der Waals surface area contributed by atoms with Gasteiger partial charge < -0.3 is 4.74 Å². The predicted molar refractivity (Wildman–Crippen MR) is 120 cm³/mol. The Morgan fingerprint density at radius 2 is 1.94 bits per heavy atom.